The van der Waals surface area contributed by atoms with Crippen LogP contribution < -0.4 is 10.2 Å². The summed E-state index contributed by atoms with van der Waals surface area (Å²) in [6, 6.07) is 3.47. The third kappa shape index (κ3) is 2.17. The molecule has 2 saturated heterocycles. The summed E-state index contributed by atoms with van der Waals surface area (Å²) >= 11 is 0. The largest absolute Gasteiger partial charge is 0.352 e. The molecule has 1 aromatic rings. The maximum Gasteiger partial charge on any atom is 0.169 e. The SMILES string of the molecule is Cc1nnc(N2CCC3CCC(C2)N3)c(C#N)c1C. The van der Waals surface area contributed by atoms with Gasteiger partial charge in [-0.15, -0.1) is 5.10 Å². The Labute approximate surface area is 113 Å². The third-order valence-corrected chi connectivity index (χ3v) is 4.37. The molecule has 2 fully saturated rings. The van der Waals surface area contributed by atoms with E-state index >= 15 is 0 Å². The van der Waals surface area contributed by atoms with Gasteiger partial charge in [0.05, 0.1) is 5.69 Å². The van der Waals surface area contributed by atoms with E-state index in [0.29, 0.717) is 17.6 Å². The Morgan fingerprint density at radius 3 is 2.79 bits per heavy atom. The zero-order valence-electron chi connectivity index (χ0n) is 11.5. The van der Waals surface area contributed by atoms with Gasteiger partial charge in [0, 0.05) is 25.2 Å². The first-order chi connectivity index (χ1) is 9.19. The zero-order chi connectivity index (χ0) is 13.4. The van der Waals surface area contributed by atoms with Gasteiger partial charge in [0.15, 0.2) is 5.82 Å². The summed E-state index contributed by atoms with van der Waals surface area (Å²) in [7, 11) is 0. The number of rotatable bonds is 1. The van der Waals surface area contributed by atoms with Crippen LogP contribution in [0.1, 0.15) is 36.1 Å². The van der Waals surface area contributed by atoms with Crippen LogP contribution in [0.15, 0.2) is 0 Å². The van der Waals surface area contributed by atoms with Crippen molar-refractivity contribution in [3.63, 3.8) is 0 Å². The molecule has 0 aromatic carbocycles. The molecule has 0 saturated carbocycles. The van der Waals surface area contributed by atoms with Crippen molar-refractivity contribution < 1.29 is 0 Å². The zero-order valence-corrected chi connectivity index (χ0v) is 11.5. The van der Waals surface area contributed by atoms with E-state index < -0.39 is 0 Å². The minimum Gasteiger partial charge on any atom is -0.352 e. The van der Waals surface area contributed by atoms with Crippen LogP contribution in [-0.4, -0.2) is 35.4 Å². The van der Waals surface area contributed by atoms with Crippen molar-refractivity contribution in [1.82, 2.24) is 15.5 Å². The number of nitrogens with one attached hydrogen (secondary N) is 1. The molecular formula is C14H19N5. The van der Waals surface area contributed by atoms with Crippen molar-refractivity contribution in [2.45, 2.75) is 45.2 Å². The van der Waals surface area contributed by atoms with Gasteiger partial charge in [-0.05, 0) is 38.7 Å². The van der Waals surface area contributed by atoms with Crippen LogP contribution in [0.25, 0.3) is 0 Å². The van der Waals surface area contributed by atoms with Crippen molar-refractivity contribution in [2.75, 3.05) is 18.0 Å². The van der Waals surface area contributed by atoms with E-state index in [1.54, 1.807) is 0 Å². The van der Waals surface area contributed by atoms with Gasteiger partial charge in [-0.25, -0.2) is 0 Å². The van der Waals surface area contributed by atoms with Gasteiger partial charge < -0.3 is 10.2 Å². The number of anilines is 1. The standard InChI is InChI=1S/C14H19N5/c1-9-10(2)17-18-14(13(9)7-15)19-6-5-11-3-4-12(8-19)16-11/h11-12,16H,3-6,8H2,1-2H3. The number of fused-ring (bicyclic) bond motifs is 2. The van der Waals surface area contributed by atoms with Crippen LogP contribution in [0, 0.1) is 25.2 Å². The van der Waals surface area contributed by atoms with Crippen LogP contribution in [0.2, 0.25) is 0 Å². The molecule has 3 rings (SSSR count). The van der Waals surface area contributed by atoms with Crippen molar-refractivity contribution in [2.24, 2.45) is 0 Å². The number of nitriles is 1. The van der Waals surface area contributed by atoms with E-state index in [4.69, 9.17) is 0 Å². The van der Waals surface area contributed by atoms with Crippen LogP contribution in [0.4, 0.5) is 5.82 Å². The Morgan fingerprint density at radius 2 is 2.00 bits per heavy atom. The second-order valence-electron chi connectivity index (χ2n) is 5.59. The predicted octanol–water partition coefficient (Wildman–Crippen LogP) is 1.30. The summed E-state index contributed by atoms with van der Waals surface area (Å²) in [5.41, 5.74) is 2.48. The van der Waals surface area contributed by atoms with E-state index in [-0.39, 0.29) is 0 Å². The Balaban J connectivity index is 1.94. The number of hydrogen-bond acceptors (Lipinski definition) is 5. The molecule has 2 unspecified atom stereocenters. The maximum atomic E-state index is 9.40. The van der Waals surface area contributed by atoms with E-state index in [1.807, 2.05) is 13.8 Å². The molecule has 2 bridgehead atoms. The molecule has 0 spiro atoms. The molecule has 19 heavy (non-hydrogen) atoms. The molecule has 0 aliphatic carbocycles. The Kier molecular flexibility index (Phi) is 3.11. The molecule has 5 heteroatoms. The number of aryl methyl sites for hydroxylation is 1. The van der Waals surface area contributed by atoms with Gasteiger partial charge in [-0.3, -0.25) is 0 Å². The minimum absolute atomic E-state index is 0.530. The maximum absolute atomic E-state index is 9.40. The van der Waals surface area contributed by atoms with Crippen LogP contribution >= 0.6 is 0 Å². The quantitative estimate of drug-likeness (QED) is 0.821. The fraction of sp³-hybridized carbons (Fsp3) is 0.643. The summed E-state index contributed by atoms with van der Waals surface area (Å²) in [5.74, 6) is 0.764. The van der Waals surface area contributed by atoms with Crippen LogP contribution in [0.3, 0.4) is 0 Å². The lowest BCUT2D eigenvalue weighted by Crippen LogP contribution is -2.36. The third-order valence-electron chi connectivity index (χ3n) is 4.37. The van der Waals surface area contributed by atoms with Gasteiger partial charge in [-0.1, -0.05) is 0 Å². The Bertz CT molecular complexity index is 533. The summed E-state index contributed by atoms with van der Waals surface area (Å²) < 4.78 is 0. The topological polar surface area (TPSA) is 64.8 Å². The fourth-order valence-corrected chi connectivity index (χ4v) is 3.09. The number of aromatic nitrogens is 2. The van der Waals surface area contributed by atoms with Gasteiger partial charge in [0.25, 0.3) is 0 Å². The molecular weight excluding hydrogens is 238 g/mol. The highest BCUT2D eigenvalue weighted by Gasteiger charge is 2.31. The van der Waals surface area contributed by atoms with Gasteiger partial charge in [-0.2, -0.15) is 10.4 Å². The van der Waals surface area contributed by atoms with Gasteiger partial charge >= 0.3 is 0 Å². The summed E-state index contributed by atoms with van der Waals surface area (Å²) in [5, 5.41) is 21.5. The lowest BCUT2D eigenvalue weighted by Gasteiger charge is -2.26. The second-order valence-corrected chi connectivity index (χ2v) is 5.59. The Hall–Kier alpha value is -1.67. The second kappa shape index (κ2) is 4.78. The predicted molar refractivity (Wildman–Crippen MR) is 73.0 cm³/mol. The monoisotopic (exact) mass is 257 g/mol. The van der Waals surface area contributed by atoms with Crippen LogP contribution in [-0.2, 0) is 0 Å². The average Bonchev–Trinajstić information content (AvgIpc) is 2.73. The van der Waals surface area contributed by atoms with Crippen molar-refractivity contribution in [3.8, 4) is 6.07 Å². The fourth-order valence-electron chi connectivity index (χ4n) is 3.09. The molecule has 3 heterocycles. The van der Waals surface area contributed by atoms with Gasteiger partial charge in [0.2, 0.25) is 0 Å². The lowest BCUT2D eigenvalue weighted by atomic mass is 10.1. The van der Waals surface area contributed by atoms with Crippen molar-refractivity contribution >= 4 is 5.82 Å². The van der Waals surface area contributed by atoms with E-state index in [1.165, 1.54) is 12.8 Å². The lowest BCUT2D eigenvalue weighted by molar-refractivity contribution is 0.563. The molecule has 2 atom stereocenters. The highest BCUT2D eigenvalue weighted by molar-refractivity contribution is 5.57. The summed E-state index contributed by atoms with van der Waals surface area (Å²) in [4.78, 5) is 2.23. The molecule has 100 valence electrons. The first-order valence-electron chi connectivity index (χ1n) is 6.94. The summed E-state index contributed by atoms with van der Waals surface area (Å²) in [6.07, 6.45) is 3.62. The number of nitrogens with zero attached hydrogens (tertiary/aromatic N) is 4. The van der Waals surface area contributed by atoms with Gasteiger partial charge in [0.1, 0.15) is 11.6 Å². The molecule has 5 nitrogen and oxygen atoms in total. The van der Waals surface area contributed by atoms with E-state index in [0.717, 1.165) is 36.6 Å². The molecule has 0 amide bonds. The summed E-state index contributed by atoms with van der Waals surface area (Å²) in [6.45, 7) is 5.75. The molecule has 2 aliphatic rings. The Morgan fingerprint density at radius 1 is 1.21 bits per heavy atom. The van der Waals surface area contributed by atoms with Crippen LogP contribution in [0.5, 0.6) is 0 Å². The normalized spacial score (nSPS) is 26.1. The first kappa shape index (κ1) is 12.4. The van der Waals surface area contributed by atoms with Crippen molar-refractivity contribution in [1.29, 1.82) is 5.26 Å². The smallest absolute Gasteiger partial charge is 0.169 e. The highest BCUT2D eigenvalue weighted by Crippen LogP contribution is 2.26. The number of hydrogen-bond donors (Lipinski definition) is 1. The van der Waals surface area contributed by atoms with E-state index in [9.17, 15) is 5.26 Å². The minimum atomic E-state index is 0.530. The first-order valence-corrected chi connectivity index (χ1v) is 6.94. The molecule has 1 N–H and O–H groups in total. The van der Waals surface area contributed by atoms with E-state index in [2.05, 4.69) is 26.5 Å². The molecule has 2 aliphatic heterocycles. The average molecular weight is 257 g/mol. The highest BCUT2D eigenvalue weighted by atomic mass is 15.3. The van der Waals surface area contributed by atoms with Crippen molar-refractivity contribution in [3.05, 3.63) is 16.8 Å². The molecule has 1 aromatic heterocycles. The molecule has 0 radical (unpaired) electrons.